The van der Waals surface area contributed by atoms with Crippen LogP contribution in [0.5, 0.6) is 0 Å². The Morgan fingerprint density at radius 2 is 1.48 bits per heavy atom. The molecular weight excluding hydrogens is 328 g/mol. The molecule has 0 spiro atoms. The Hall–Kier alpha value is -2.10. The quantitative estimate of drug-likeness (QED) is 0.459. The minimum atomic E-state index is -0.878. The molecule has 134 valence electrons. The standard InChI is InChI=1S/C21H22F4/c1-2-3-4-21(25)17-7-5-15(6-8-17)9-16-10-18(12-22)20(14-24)19(11-16)13-23/h4-8,10-11H,2-3,9,12-14H2,1H3/b21-4+. The topological polar surface area (TPSA) is 0 Å². The molecule has 0 heterocycles. The molecule has 0 nitrogen and oxygen atoms in total. The van der Waals surface area contributed by atoms with Crippen molar-refractivity contribution in [3.8, 4) is 0 Å². The van der Waals surface area contributed by atoms with Crippen LogP contribution < -0.4 is 0 Å². The van der Waals surface area contributed by atoms with Gasteiger partial charge in [0.1, 0.15) is 25.9 Å². The van der Waals surface area contributed by atoms with Crippen molar-refractivity contribution in [2.24, 2.45) is 0 Å². The molecule has 0 aromatic heterocycles. The second-order valence-corrected chi connectivity index (χ2v) is 6.01. The lowest BCUT2D eigenvalue weighted by molar-refractivity contribution is 0.436. The SMILES string of the molecule is CCC/C=C(/F)c1ccc(Cc2cc(CF)c(CF)c(CF)c2)cc1. The normalized spacial score (nSPS) is 11.8. The van der Waals surface area contributed by atoms with Gasteiger partial charge in [0.05, 0.1) is 0 Å². The molecule has 0 bridgehead atoms. The van der Waals surface area contributed by atoms with E-state index in [0.717, 1.165) is 12.0 Å². The predicted molar refractivity (Wildman–Crippen MR) is 94.1 cm³/mol. The van der Waals surface area contributed by atoms with Gasteiger partial charge in [-0.15, -0.1) is 0 Å². The number of benzene rings is 2. The van der Waals surface area contributed by atoms with E-state index >= 15 is 0 Å². The highest BCUT2D eigenvalue weighted by molar-refractivity contribution is 5.59. The Labute approximate surface area is 146 Å². The van der Waals surface area contributed by atoms with Crippen molar-refractivity contribution in [2.75, 3.05) is 0 Å². The summed E-state index contributed by atoms with van der Waals surface area (Å²) in [5.74, 6) is -0.250. The fourth-order valence-corrected chi connectivity index (χ4v) is 2.79. The van der Waals surface area contributed by atoms with Crippen molar-refractivity contribution in [1.29, 1.82) is 0 Å². The highest BCUT2D eigenvalue weighted by atomic mass is 19.1. The molecule has 0 unspecified atom stereocenters. The summed E-state index contributed by atoms with van der Waals surface area (Å²) in [5, 5.41) is 0. The van der Waals surface area contributed by atoms with Crippen molar-refractivity contribution in [3.05, 3.63) is 75.9 Å². The second-order valence-electron chi connectivity index (χ2n) is 6.01. The molecule has 2 rings (SSSR count). The van der Waals surface area contributed by atoms with Crippen LogP contribution in [-0.4, -0.2) is 0 Å². The number of hydrogen-bond donors (Lipinski definition) is 0. The maximum Gasteiger partial charge on any atom is 0.126 e. The molecule has 0 aliphatic rings. The lowest BCUT2D eigenvalue weighted by Gasteiger charge is -2.12. The zero-order valence-corrected chi connectivity index (χ0v) is 14.3. The summed E-state index contributed by atoms with van der Waals surface area (Å²) in [6, 6.07) is 10.1. The molecule has 0 radical (unpaired) electrons. The van der Waals surface area contributed by atoms with Crippen LogP contribution in [0.25, 0.3) is 5.83 Å². The molecule has 25 heavy (non-hydrogen) atoms. The molecule has 0 N–H and O–H groups in total. The maximum atomic E-state index is 13.9. The van der Waals surface area contributed by atoms with E-state index in [9.17, 15) is 17.6 Å². The minimum Gasteiger partial charge on any atom is -0.246 e. The van der Waals surface area contributed by atoms with Gasteiger partial charge in [-0.1, -0.05) is 49.7 Å². The van der Waals surface area contributed by atoms with E-state index in [1.165, 1.54) is 0 Å². The Bertz CT molecular complexity index is 692. The number of allylic oxidation sites excluding steroid dienone is 1. The third-order valence-corrected chi connectivity index (χ3v) is 4.17. The van der Waals surface area contributed by atoms with Gasteiger partial charge in [0, 0.05) is 5.56 Å². The summed E-state index contributed by atoms with van der Waals surface area (Å²) >= 11 is 0. The van der Waals surface area contributed by atoms with Gasteiger partial charge in [0.2, 0.25) is 0 Å². The van der Waals surface area contributed by atoms with Crippen LogP contribution >= 0.6 is 0 Å². The van der Waals surface area contributed by atoms with E-state index in [4.69, 9.17) is 0 Å². The molecule has 0 aliphatic carbocycles. The third kappa shape index (κ3) is 4.94. The van der Waals surface area contributed by atoms with Gasteiger partial charge in [-0.05, 0) is 46.7 Å². The predicted octanol–water partition coefficient (Wildman–Crippen LogP) is 6.80. The van der Waals surface area contributed by atoms with Crippen molar-refractivity contribution in [1.82, 2.24) is 0 Å². The van der Waals surface area contributed by atoms with Crippen LogP contribution in [0.15, 0.2) is 42.5 Å². The van der Waals surface area contributed by atoms with Crippen molar-refractivity contribution in [2.45, 2.75) is 46.2 Å². The Kier molecular flexibility index (Phi) is 7.23. The van der Waals surface area contributed by atoms with Crippen LogP contribution in [0.2, 0.25) is 0 Å². The molecule has 0 saturated heterocycles. The second kappa shape index (κ2) is 9.40. The number of halogens is 4. The number of unbranched alkanes of at least 4 members (excludes halogenated alkanes) is 1. The maximum absolute atomic E-state index is 13.9. The zero-order valence-electron chi connectivity index (χ0n) is 14.3. The molecule has 0 saturated carbocycles. The summed E-state index contributed by atoms with van der Waals surface area (Å²) in [4.78, 5) is 0. The zero-order chi connectivity index (χ0) is 18.2. The van der Waals surface area contributed by atoms with E-state index in [1.54, 1.807) is 42.5 Å². The molecule has 0 atom stereocenters. The smallest absolute Gasteiger partial charge is 0.126 e. The summed E-state index contributed by atoms with van der Waals surface area (Å²) < 4.78 is 53.1. The van der Waals surface area contributed by atoms with Crippen LogP contribution in [0.4, 0.5) is 17.6 Å². The molecule has 0 fully saturated rings. The van der Waals surface area contributed by atoms with Crippen LogP contribution in [0.3, 0.4) is 0 Å². The molecule has 0 aliphatic heterocycles. The van der Waals surface area contributed by atoms with Gasteiger partial charge in [-0.25, -0.2) is 17.6 Å². The van der Waals surface area contributed by atoms with Crippen LogP contribution in [0.1, 0.15) is 53.1 Å². The monoisotopic (exact) mass is 350 g/mol. The molecule has 2 aromatic carbocycles. The fraction of sp³-hybridized carbons (Fsp3) is 0.333. The highest BCUT2D eigenvalue weighted by Crippen LogP contribution is 2.24. The average Bonchev–Trinajstić information content (AvgIpc) is 2.65. The van der Waals surface area contributed by atoms with E-state index in [0.29, 0.717) is 24.0 Å². The van der Waals surface area contributed by atoms with Gasteiger partial charge in [-0.3, -0.25) is 0 Å². The van der Waals surface area contributed by atoms with Gasteiger partial charge in [0.15, 0.2) is 0 Å². The number of rotatable bonds is 8. The number of hydrogen-bond acceptors (Lipinski definition) is 0. The molecular formula is C21H22F4. The highest BCUT2D eigenvalue weighted by Gasteiger charge is 2.11. The van der Waals surface area contributed by atoms with Crippen molar-refractivity contribution < 1.29 is 17.6 Å². The van der Waals surface area contributed by atoms with Crippen LogP contribution in [0, 0.1) is 0 Å². The lowest BCUT2D eigenvalue weighted by Crippen LogP contribution is -2.00. The summed E-state index contributed by atoms with van der Waals surface area (Å²) in [6.07, 6.45) is 3.58. The first-order valence-corrected chi connectivity index (χ1v) is 8.39. The Morgan fingerprint density at radius 1 is 0.880 bits per heavy atom. The summed E-state index contributed by atoms with van der Waals surface area (Å²) in [5.41, 5.74) is 2.61. The first kappa shape index (κ1) is 19.2. The van der Waals surface area contributed by atoms with E-state index in [-0.39, 0.29) is 22.5 Å². The number of alkyl halides is 3. The lowest BCUT2D eigenvalue weighted by atomic mass is 9.95. The molecule has 2 aromatic rings. The minimum absolute atomic E-state index is 0.104. The summed E-state index contributed by atoms with van der Waals surface area (Å²) in [6.45, 7) is -0.547. The molecule has 4 heteroatoms. The van der Waals surface area contributed by atoms with Crippen LogP contribution in [-0.2, 0) is 26.4 Å². The van der Waals surface area contributed by atoms with Crippen molar-refractivity contribution in [3.63, 3.8) is 0 Å². The van der Waals surface area contributed by atoms with Gasteiger partial charge in [0.25, 0.3) is 0 Å². The van der Waals surface area contributed by atoms with Crippen molar-refractivity contribution >= 4 is 5.83 Å². The van der Waals surface area contributed by atoms with E-state index in [2.05, 4.69) is 0 Å². The molecule has 0 amide bonds. The first-order valence-electron chi connectivity index (χ1n) is 8.39. The van der Waals surface area contributed by atoms with E-state index < -0.39 is 20.0 Å². The first-order chi connectivity index (χ1) is 12.1. The summed E-state index contributed by atoms with van der Waals surface area (Å²) in [7, 11) is 0. The van der Waals surface area contributed by atoms with Gasteiger partial charge < -0.3 is 0 Å². The van der Waals surface area contributed by atoms with Gasteiger partial charge in [-0.2, -0.15) is 0 Å². The van der Waals surface area contributed by atoms with Gasteiger partial charge >= 0.3 is 0 Å². The largest absolute Gasteiger partial charge is 0.246 e. The Morgan fingerprint density at radius 3 is 1.96 bits per heavy atom. The van der Waals surface area contributed by atoms with E-state index in [1.807, 2.05) is 6.92 Å². The fourth-order valence-electron chi connectivity index (χ4n) is 2.79. The average molecular weight is 350 g/mol. The third-order valence-electron chi connectivity index (χ3n) is 4.17. The Balaban J connectivity index is 2.22.